The topological polar surface area (TPSA) is 45.5 Å². The van der Waals surface area contributed by atoms with E-state index in [4.69, 9.17) is 0 Å². The van der Waals surface area contributed by atoms with Crippen molar-refractivity contribution < 1.29 is 0 Å². The highest BCUT2D eigenvalue weighted by molar-refractivity contribution is 5.68. The van der Waals surface area contributed by atoms with Crippen molar-refractivity contribution >= 4 is 11.3 Å². The maximum Gasteiger partial charge on any atom is 0.152 e. The lowest BCUT2D eigenvalue weighted by Gasteiger charge is -2.35. The number of aromatic nitrogens is 3. The molecule has 3 heterocycles. The van der Waals surface area contributed by atoms with Crippen molar-refractivity contribution in [2.24, 2.45) is 0 Å². The lowest BCUT2D eigenvalue weighted by atomic mass is 9.99. The van der Waals surface area contributed by atoms with Gasteiger partial charge in [-0.3, -0.25) is 0 Å². The molecule has 1 aliphatic rings. The van der Waals surface area contributed by atoms with Crippen LogP contribution in [0.4, 0.5) is 5.82 Å². The van der Waals surface area contributed by atoms with E-state index in [1.165, 1.54) is 0 Å². The van der Waals surface area contributed by atoms with Gasteiger partial charge in [0, 0.05) is 31.0 Å². The van der Waals surface area contributed by atoms with Crippen LogP contribution in [0.3, 0.4) is 0 Å². The quantitative estimate of drug-likeness (QED) is 0.943. The summed E-state index contributed by atoms with van der Waals surface area (Å²) in [5, 5.41) is 8.25. The predicted octanol–water partition coefficient (Wildman–Crippen LogP) is 2.75. The van der Waals surface area contributed by atoms with Crippen LogP contribution in [0.5, 0.6) is 0 Å². The third-order valence-corrected chi connectivity index (χ3v) is 4.55. The Morgan fingerprint density at radius 2 is 2.19 bits per heavy atom. The van der Waals surface area contributed by atoms with Crippen LogP contribution in [0.2, 0.25) is 0 Å². The Morgan fingerprint density at radius 3 is 2.90 bits per heavy atom. The van der Waals surface area contributed by atoms with Gasteiger partial charge in [0.25, 0.3) is 0 Å². The molecular formula is C16H25N5. The Morgan fingerprint density at radius 1 is 1.38 bits per heavy atom. The molecule has 3 rings (SSSR count). The second kappa shape index (κ2) is 5.64. The molecule has 1 fully saturated rings. The van der Waals surface area contributed by atoms with Crippen LogP contribution in [-0.2, 0) is 0 Å². The molecule has 0 saturated carbocycles. The molecule has 21 heavy (non-hydrogen) atoms. The monoisotopic (exact) mass is 287 g/mol. The number of fused-ring (bicyclic) bond motifs is 1. The van der Waals surface area contributed by atoms with E-state index in [1.54, 1.807) is 0 Å². The van der Waals surface area contributed by atoms with Gasteiger partial charge in [-0.2, -0.15) is 5.10 Å². The third-order valence-electron chi connectivity index (χ3n) is 4.55. The van der Waals surface area contributed by atoms with Gasteiger partial charge in [0.2, 0.25) is 0 Å². The molecule has 2 atom stereocenters. The number of hydrogen-bond donors (Lipinski definition) is 1. The van der Waals surface area contributed by atoms with E-state index >= 15 is 0 Å². The highest BCUT2D eigenvalue weighted by Gasteiger charge is 2.23. The zero-order chi connectivity index (χ0) is 15.0. The zero-order valence-corrected chi connectivity index (χ0v) is 13.4. The lowest BCUT2D eigenvalue weighted by molar-refractivity contribution is 0.190. The average Bonchev–Trinajstić information content (AvgIpc) is 2.88. The van der Waals surface area contributed by atoms with Crippen LogP contribution in [0, 0.1) is 0 Å². The van der Waals surface area contributed by atoms with Crippen molar-refractivity contribution in [2.45, 2.75) is 51.6 Å². The minimum Gasteiger partial charge on any atom is -0.365 e. The summed E-state index contributed by atoms with van der Waals surface area (Å²) in [6.45, 7) is 7.76. The van der Waals surface area contributed by atoms with Crippen molar-refractivity contribution in [1.82, 2.24) is 19.5 Å². The fraction of sp³-hybridized carbons (Fsp3) is 0.625. The molecule has 1 N–H and O–H groups in total. The van der Waals surface area contributed by atoms with Gasteiger partial charge in [-0.1, -0.05) is 13.8 Å². The van der Waals surface area contributed by atoms with E-state index in [1.807, 2.05) is 16.9 Å². The normalized spacial score (nSPS) is 23.9. The molecule has 0 bridgehead atoms. The van der Waals surface area contributed by atoms with Gasteiger partial charge in [0.05, 0.1) is 5.69 Å². The second-order valence-electron chi connectivity index (χ2n) is 6.52. The summed E-state index contributed by atoms with van der Waals surface area (Å²) >= 11 is 0. The van der Waals surface area contributed by atoms with E-state index in [9.17, 15) is 0 Å². The molecular weight excluding hydrogens is 262 g/mol. The Bertz CT molecular complexity index is 618. The van der Waals surface area contributed by atoms with Crippen molar-refractivity contribution in [2.75, 3.05) is 18.9 Å². The number of nitrogens with zero attached hydrogens (tertiary/aromatic N) is 4. The number of nitrogens with one attached hydrogen (secondary N) is 1. The second-order valence-corrected chi connectivity index (χ2v) is 6.52. The van der Waals surface area contributed by atoms with Gasteiger partial charge in [-0.25, -0.2) is 9.50 Å². The van der Waals surface area contributed by atoms with Crippen molar-refractivity contribution in [3.63, 3.8) is 0 Å². The SMILES string of the molecule is CC(C)c1cc2c(NC3CCN(C)C(C)C3)nccn2n1. The molecule has 1 aliphatic heterocycles. The molecule has 114 valence electrons. The first-order chi connectivity index (χ1) is 10.0. The molecule has 5 heteroatoms. The summed E-state index contributed by atoms with van der Waals surface area (Å²) in [4.78, 5) is 6.95. The van der Waals surface area contributed by atoms with Crippen LogP contribution in [0.1, 0.15) is 45.2 Å². The number of anilines is 1. The third kappa shape index (κ3) is 2.88. The van der Waals surface area contributed by atoms with Crippen molar-refractivity contribution in [1.29, 1.82) is 0 Å². The minimum absolute atomic E-state index is 0.432. The van der Waals surface area contributed by atoms with E-state index in [0.717, 1.165) is 36.4 Å². The fourth-order valence-corrected chi connectivity index (χ4v) is 2.95. The van der Waals surface area contributed by atoms with Crippen LogP contribution < -0.4 is 5.32 Å². The number of piperidine rings is 1. The minimum atomic E-state index is 0.432. The van der Waals surface area contributed by atoms with Crippen LogP contribution in [-0.4, -0.2) is 45.2 Å². The van der Waals surface area contributed by atoms with E-state index in [-0.39, 0.29) is 0 Å². The highest BCUT2D eigenvalue weighted by atomic mass is 15.2. The maximum absolute atomic E-state index is 4.62. The summed E-state index contributed by atoms with van der Waals surface area (Å²) < 4.78 is 1.93. The highest BCUT2D eigenvalue weighted by Crippen LogP contribution is 2.23. The maximum atomic E-state index is 4.62. The average molecular weight is 287 g/mol. The van der Waals surface area contributed by atoms with Crippen LogP contribution in [0.25, 0.3) is 5.52 Å². The van der Waals surface area contributed by atoms with Crippen molar-refractivity contribution in [3.8, 4) is 0 Å². The summed E-state index contributed by atoms with van der Waals surface area (Å²) in [6, 6.07) is 3.26. The largest absolute Gasteiger partial charge is 0.365 e. The van der Waals surface area contributed by atoms with Gasteiger partial charge >= 0.3 is 0 Å². The van der Waals surface area contributed by atoms with E-state index in [2.05, 4.69) is 54.2 Å². The van der Waals surface area contributed by atoms with Gasteiger partial charge in [0.1, 0.15) is 5.52 Å². The van der Waals surface area contributed by atoms with Crippen molar-refractivity contribution in [3.05, 3.63) is 24.2 Å². The van der Waals surface area contributed by atoms with Crippen LogP contribution >= 0.6 is 0 Å². The predicted molar refractivity (Wildman–Crippen MR) is 85.8 cm³/mol. The summed E-state index contributed by atoms with van der Waals surface area (Å²) in [6.07, 6.45) is 6.06. The van der Waals surface area contributed by atoms with E-state index < -0.39 is 0 Å². The fourth-order valence-electron chi connectivity index (χ4n) is 2.95. The molecule has 0 aliphatic carbocycles. The van der Waals surface area contributed by atoms with Gasteiger partial charge in [0.15, 0.2) is 5.82 Å². The Balaban J connectivity index is 1.83. The summed E-state index contributed by atoms with van der Waals surface area (Å²) in [7, 11) is 2.20. The smallest absolute Gasteiger partial charge is 0.152 e. The molecule has 0 radical (unpaired) electrons. The zero-order valence-electron chi connectivity index (χ0n) is 13.4. The molecule has 1 saturated heterocycles. The molecule has 2 aromatic rings. The first-order valence-electron chi connectivity index (χ1n) is 7.85. The summed E-state index contributed by atoms with van der Waals surface area (Å²) in [5.41, 5.74) is 2.19. The van der Waals surface area contributed by atoms with Gasteiger partial charge in [-0.15, -0.1) is 0 Å². The van der Waals surface area contributed by atoms with Gasteiger partial charge < -0.3 is 10.2 Å². The number of rotatable bonds is 3. The molecule has 2 aromatic heterocycles. The molecule has 5 nitrogen and oxygen atoms in total. The number of hydrogen-bond acceptors (Lipinski definition) is 4. The van der Waals surface area contributed by atoms with Gasteiger partial charge in [-0.05, 0) is 38.8 Å². The summed E-state index contributed by atoms with van der Waals surface area (Å²) in [5.74, 6) is 1.39. The van der Waals surface area contributed by atoms with E-state index in [0.29, 0.717) is 18.0 Å². The lowest BCUT2D eigenvalue weighted by Crippen LogP contribution is -2.42. The first-order valence-corrected chi connectivity index (χ1v) is 7.85. The number of likely N-dealkylation sites (tertiary alicyclic amines) is 1. The Hall–Kier alpha value is -1.62. The Kier molecular flexibility index (Phi) is 3.85. The molecule has 2 unspecified atom stereocenters. The van der Waals surface area contributed by atoms with Crippen LogP contribution in [0.15, 0.2) is 18.5 Å². The molecule has 0 amide bonds. The first kappa shape index (κ1) is 14.3. The standard InChI is InChI=1S/C16H25N5/c1-11(2)14-10-15-16(17-6-8-21(15)19-14)18-13-5-7-20(4)12(3)9-13/h6,8,10-13H,5,7,9H2,1-4H3,(H,17,18). The molecule has 0 spiro atoms. The Labute approximate surface area is 126 Å². The molecule has 0 aromatic carbocycles.